The topological polar surface area (TPSA) is 44.0 Å². The Bertz CT molecular complexity index is 445. The van der Waals surface area contributed by atoms with E-state index >= 15 is 0 Å². The number of fused-ring (bicyclic) bond motifs is 5. The number of hydrogen-bond donors (Lipinski definition) is 1. The molecule has 2 bridgehead atoms. The van der Waals surface area contributed by atoms with Gasteiger partial charge in [-0.1, -0.05) is 13.3 Å². The van der Waals surface area contributed by atoms with Crippen molar-refractivity contribution in [3.8, 4) is 6.07 Å². The molecule has 20 heavy (non-hydrogen) atoms. The summed E-state index contributed by atoms with van der Waals surface area (Å²) in [5.74, 6) is 3.52. The second-order valence-electron chi connectivity index (χ2n) is 8.37. The van der Waals surface area contributed by atoms with Gasteiger partial charge >= 0.3 is 0 Å². The molecule has 0 radical (unpaired) electrons. The average Bonchev–Trinajstić information content (AvgIpc) is 3.11. The van der Waals surface area contributed by atoms with Crippen LogP contribution in [0.1, 0.15) is 64.7 Å². The molecule has 5 atom stereocenters. The van der Waals surface area contributed by atoms with Crippen molar-refractivity contribution < 1.29 is 5.11 Å². The van der Waals surface area contributed by atoms with Crippen LogP contribution in [-0.2, 0) is 0 Å². The van der Waals surface area contributed by atoms with Gasteiger partial charge in [0.05, 0.1) is 17.1 Å². The standard InChI is InChI=1S/C18H27NO/c1-12-5-7-17(11-19,8-6-12)18(20)10-13-9-16(18)15-4-2-3-14(13)15/h12-16,20H,2-10H2,1H3. The van der Waals surface area contributed by atoms with E-state index < -0.39 is 11.0 Å². The number of hydrogen-bond acceptors (Lipinski definition) is 2. The van der Waals surface area contributed by atoms with Gasteiger partial charge in [-0.3, -0.25) is 0 Å². The van der Waals surface area contributed by atoms with Crippen molar-refractivity contribution in [2.45, 2.75) is 70.3 Å². The van der Waals surface area contributed by atoms with E-state index in [0.29, 0.717) is 5.92 Å². The third-order valence-corrected chi connectivity index (χ3v) is 7.66. The van der Waals surface area contributed by atoms with Crippen molar-refractivity contribution in [2.75, 3.05) is 0 Å². The SMILES string of the molecule is CC1CCC(C#N)(C2(O)CC3CC2C2CCCC32)CC1. The van der Waals surface area contributed by atoms with E-state index in [0.717, 1.165) is 55.8 Å². The minimum Gasteiger partial charge on any atom is -0.388 e. The smallest absolute Gasteiger partial charge is 0.0866 e. The predicted octanol–water partition coefficient (Wildman–Crippen LogP) is 3.89. The van der Waals surface area contributed by atoms with E-state index in [1.54, 1.807) is 0 Å². The van der Waals surface area contributed by atoms with Gasteiger partial charge in [-0.05, 0) is 81.0 Å². The Hall–Kier alpha value is -0.550. The maximum Gasteiger partial charge on any atom is 0.0866 e. The van der Waals surface area contributed by atoms with Gasteiger partial charge in [-0.25, -0.2) is 0 Å². The molecule has 0 spiro atoms. The van der Waals surface area contributed by atoms with E-state index in [2.05, 4.69) is 13.0 Å². The molecule has 0 heterocycles. The van der Waals surface area contributed by atoms with Gasteiger partial charge < -0.3 is 5.11 Å². The van der Waals surface area contributed by atoms with Crippen LogP contribution in [-0.4, -0.2) is 10.7 Å². The molecule has 5 unspecified atom stereocenters. The summed E-state index contributed by atoms with van der Waals surface area (Å²) in [6.45, 7) is 2.29. The number of rotatable bonds is 1. The summed E-state index contributed by atoms with van der Waals surface area (Å²) >= 11 is 0. The minimum absolute atomic E-state index is 0.424. The number of aliphatic hydroxyl groups is 1. The summed E-state index contributed by atoms with van der Waals surface area (Å²) in [5.41, 5.74) is -1.08. The van der Waals surface area contributed by atoms with Gasteiger partial charge in [0.15, 0.2) is 0 Å². The first-order valence-electron chi connectivity index (χ1n) is 8.73. The zero-order valence-electron chi connectivity index (χ0n) is 12.6. The third kappa shape index (κ3) is 1.48. The highest BCUT2D eigenvalue weighted by Crippen LogP contribution is 2.68. The maximum atomic E-state index is 11.6. The van der Waals surface area contributed by atoms with Gasteiger partial charge in [-0.15, -0.1) is 0 Å². The fourth-order valence-electron chi connectivity index (χ4n) is 6.56. The average molecular weight is 273 g/mol. The summed E-state index contributed by atoms with van der Waals surface area (Å²) in [6, 6.07) is 2.64. The van der Waals surface area contributed by atoms with Crippen LogP contribution in [0.15, 0.2) is 0 Å². The molecule has 0 aromatic carbocycles. The van der Waals surface area contributed by atoms with Crippen LogP contribution in [0.5, 0.6) is 0 Å². The molecular formula is C18H27NO. The molecule has 2 heteroatoms. The molecule has 0 aliphatic heterocycles. The lowest BCUT2D eigenvalue weighted by Crippen LogP contribution is -2.55. The maximum absolute atomic E-state index is 11.6. The summed E-state index contributed by atoms with van der Waals surface area (Å²) < 4.78 is 0. The summed E-state index contributed by atoms with van der Waals surface area (Å²) in [6.07, 6.45) is 10.3. The molecule has 2 nitrogen and oxygen atoms in total. The molecule has 0 saturated heterocycles. The van der Waals surface area contributed by atoms with E-state index in [9.17, 15) is 10.4 Å². The van der Waals surface area contributed by atoms with Crippen molar-refractivity contribution >= 4 is 0 Å². The molecule has 1 N–H and O–H groups in total. The fourth-order valence-corrected chi connectivity index (χ4v) is 6.56. The Morgan fingerprint density at radius 2 is 1.80 bits per heavy atom. The Morgan fingerprint density at radius 3 is 2.50 bits per heavy atom. The lowest BCUT2D eigenvalue weighted by molar-refractivity contribution is -0.134. The number of nitrogens with zero attached hydrogens (tertiary/aromatic N) is 1. The fraction of sp³-hybridized carbons (Fsp3) is 0.944. The lowest BCUT2D eigenvalue weighted by Gasteiger charge is -2.51. The molecular weight excluding hydrogens is 246 g/mol. The summed E-state index contributed by atoms with van der Waals surface area (Å²) in [4.78, 5) is 0. The van der Waals surface area contributed by atoms with Crippen LogP contribution in [0.25, 0.3) is 0 Å². The molecule has 0 aromatic heterocycles. The number of nitriles is 1. The van der Waals surface area contributed by atoms with Gasteiger partial charge in [0.1, 0.15) is 0 Å². The normalized spacial score (nSPS) is 57.5. The monoisotopic (exact) mass is 273 g/mol. The van der Waals surface area contributed by atoms with Crippen molar-refractivity contribution in [2.24, 2.45) is 35.0 Å². The van der Waals surface area contributed by atoms with Crippen LogP contribution >= 0.6 is 0 Å². The van der Waals surface area contributed by atoms with Crippen molar-refractivity contribution in [3.05, 3.63) is 0 Å². The molecule has 110 valence electrons. The second-order valence-corrected chi connectivity index (χ2v) is 8.37. The van der Waals surface area contributed by atoms with Gasteiger partial charge in [0.25, 0.3) is 0 Å². The quantitative estimate of drug-likeness (QED) is 0.787. The van der Waals surface area contributed by atoms with Crippen molar-refractivity contribution in [1.29, 1.82) is 5.26 Å². The Morgan fingerprint density at radius 1 is 1.10 bits per heavy atom. The van der Waals surface area contributed by atoms with Gasteiger partial charge in [-0.2, -0.15) is 5.26 Å². The molecule has 0 aromatic rings. The minimum atomic E-state index is -0.655. The van der Waals surface area contributed by atoms with Gasteiger partial charge in [0.2, 0.25) is 0 Å². The highest BCUT2D eigenvalue weighted by Gasteiger charge is 2.67. The zero-order valence-corrected chi connectivity index (χ0v) is 12.6. The Kier molecular flexibility index (Phi) is 2.78. The summed E-state index contributed by atoms with van der Waals surface area (Å²) in [5, 5.41) is 21.5. The lowest BCUT2D eigenvalue weighted by atomic mass is 9.55. The molecule has 4 aliphatic carbocycles. The predicted molar refractivity (Wildman–Crippen MR) is 77.7 cm³/mol. The Labute approximate surface area is 122 Å². The molecule has 4 aliphatic rings. The second kappa shape index (κ2) is 4.23. The van der Waals surface area contributed by atoms with Crippen LogP contribution in [0.3, 0.4) is 0 Å². The largest absolute Gasteiger partial charge is 0.388 e. The molecule has 4 fully saturated rings. The van der Waals surface area contributed by atoms with Gasteiger partial charge in [0, 0.05) is 0 Å². The molecule has 4 saturated carbocycles. The molecule has 0 amide bonds. The van der Waals surface area contributed by atoms with Crippen LogP contribution in [0.4, 0.5) is 0 Å². The van der Waals surface area contributed by atoms with E-state index in [-0.39, 0.29) is 0 Å². The highest BCUT2D eigenvalue weighted by atomic mass is 16.3. The van der Waals surface area contributed by atoms with Crippen LogP contribution < -0.4 is 0 Å². The first-order valence-corrected chi connectivity index (χ1v) is 8.73. The highest BCUT2D eigenvalue weighted by molar-refractivity contribution is 5.22. The third-order valence-electron chi connectivity index (χ3n) is 7.66. The summed E-state index contributed by atoms with van der Waals surface area (Å²) in [7, 11) is 0. The van der Waals surface area contributed by atoms with Crippen LogP contribution in [0, 0.1) is 46.3 Å². The van der Waals surface area contributed by atoms with E-state index in [1.165, 1.54) is 25.7 Å². The molecule has 4 rings (SSSR count). The van der Waals surface area contributed by atoms with E-state index in [4.69, 9.17) is 0 Å². The van der Waals surface area contributed by atoms with Crippen molar-refractivity contribution in [1.82, 2.24) is 0 Å². The Balaban J connectivity index is 1.66. The van der Waals surface area contributed by atoms with Crippen molar-refractivity contribution in [3.63, 3.8) is 0 Å². The zero-order chi connectivity index (χ0) is 14.0. The first-order chi connectivity index (χ1) is 9.60. The van der Waals surface area contributed by atoms with Crippen LogP contribution in [0.2, 0.25) is 0 Å². The van der Waals surface area contributed by atoms with E-state index in [1.807, 2.05) is 0 Å². The first kappa shape index (κ1) is 13.1.